The molecule has 1 saturated carbocycles. The Morgan fingerprint density at radius 1 is 1.75 bits per heavy atom. The van der Waals surface area contributed by atoms with Crippen molar-refractivity contribution in [3.8, 4) is 6.07 Å². The summed E-state index contributed by atoms with van der Waals surface area (Å²) in [6, 6.07) is 4.13. The zero-order valence-electron chi connectivity index (χ0n) is 6.66. The molecular weight excluding hydrogens is 168 g/mol. The van der Waals surface area contributed by atoms with Crippen LogP contribution in [0.3, 0.4) is 0 Å². The second-order valence-electron chi connectivity index (χ2n) is 3.19. The van der Waals surface area contributed by atoms with Gasteiger partial charge in [0.2, 0.25) is 0 Å². The van der Waals surface area contributed by atoms with Crippen LogP contribution in [0.25, 0.3) is 0 Å². The lowest BCUT2D eigenvalue weighted by molar-refractivity contribution is 0.815. The maximum absolute atomic E-state index is 8.61. The third-order valence-corrected chi connectivity index (χ3v) is 3.40. The number of nitriles is 1. The van der Waals surface area contributed by atoms with Crippen LogP contribution in [0, 0.1) is 17.2 Å². The summed E-state index contributed by atoms with van der Waals surface area (Å²) < 4.78 is 0. The molecule has 1 aliphatic rings. The molecule has 12 heavy (non-hydrogen) atoms. The molecule has 2 rings (SSSR count). The maximum atomic E-state index is 8.61. The summed E-state index contributed by atoms with van der Waals surface area (Å²) in [5.74, 6) is 1.33. The number of nitrogens with two attached hydrogens (primary N) is 1. The van der Waals surface area contributed by atoms with Crippen molar-refractivity contribution in [2.45, 2.75) is 12.3 Å². The quantitative estimate of drug-likeness (QED) is 0.749. The van der Waals surface area contributed by atoms with E-state index in [0.29, 0.717) is 11.8 Å². The molecule has 1 aromatic rings. The van der Waals surface area contributed by atoms with Gasteiger partial charge in [0.1, 0.15) is 6.07 Å². The Bertz CT molecular complexity index is 324. The fourth-order valence-electron chi connectivity index (χ4n) is 1.46. The Labute approximate surface area is 75.6 Å². The van der Waals surface area contributed by atoms with Gasteiger partial charge in [0.25, 0.3) is 0 Å². The van der Waals surface area contributed by atoms with Crippen molar-refractivity contribution < 1.29 is 0 Å². The van der Waals surface area contributed by atoms with Gasteiger partial charge in [-0.25, -0.2) is 0 Å². The lowest BCUT2D eigenvalue weighted by Crippen LogP contribution is -2.01. The third kappa shape index (κ3) is 1.24. The Hall–Kier alpha value is -0.850. The third-order valence-electron chi connectivity index (χ3n) is 2.34. The second kappa shape index (κ2) is 2.89. The monoisotopic (exact) mass is 178 g/mol. The highest BCUT2D eigenvalue weighted by Crippen LogP contribution is 2.48. The Kier molecular flexibility index (Phi) is 1.87. The molecule has 1 fully saturated rings. The maximum Gasteiger partial charge on any atom is 0.100 e. The molecule has 1 heterocycles. The molecule has 0 spiro atoms. The highest BCUT2D eigenvalue weighted by atomic mass is 32.1. The van der Waals surface area contributed by atoms with E-state index in [4.69, 9.17) is 11.0 Å². The van der Waals surface area contributed by atoms with Gasteiger partial charge in [0.15, 0.2) is 0 Å². The molecule has 0 bridgehead atoms. The minimum atomic E-state index is 0.655. The van der Waals surface area contributed by atoms with Gasteiger partial charge in [-0.15, -0.1) is 11.3 Å². The summed E-state index contributed by atoms with van der Waals surface area (Å²) in [5.41, 5.74) is 6.33. The first-order chi connectivity index (χ1) is 5.85. The molecule has 0 unspecified atom stereocenters. The van der Waals surface area contributed by atoms with Gasteiger partial charge in [0, 0.05) is 10.3 Å². The molecule has 2 nitrogen and oxygen atoms in total. The van der Waals surface area contributed by atoms with Crippen molar-refractivity contribution in [3.05, 3.63) is 21.9 Å². The molecule has 62 valence electrons. The van der Waals surface area contributed by atoms with Crippen LogP contribution in [0.5, 0.6) is 0 Å². The van der Waals surface area contributed by atoms with Crippen LogP contribution < -0.4 is 5.73 Å². The van der Waals surface area contributed by atoms with E-state index in [1.807, 2.05) is 11.4 Å². The summed E-state index contributed by atoms with van der Waals surface area (Å²) >= 11 is 1.69. The molecule has 2 N–H and O–H groups in total. The van der Waals surface area contributed by atoms with Gasteiger partial charge >= 0.3 is 0 Å². The molecule has 0 radical (unpaired) electrons. The van der Waals surface area contributed by atoms with Crippen molar-refractivity contribution in [3.63, 3.8) is 0 Å². The predicted octanol–water partition coefficient (Wildman–Crippen LogP) is 1.68. The van der Waals surface area contributed by atoms with Crippen molar-refractivity contribution in [1.82, 2.24) is 0 Å². The summed E-state index contributed by atoms with van der Waals surface area (Å²) in [6.07, 6.45) is 1.21. The van der Waals surface area contributed by atoms with Crippen molar-refractivity contribution in [2.24, 2.45) is 11.7 Å². The Morgan fingerprint density at radius 2 is 2.58 bits per heavy atom. The zero-order valence-corrected chi connectivity index (χ0v) is 7.47. The molecule has 0 saturated heterocycles. The predicted molar refractivity (Wildman–Crippen MR) is 48.9 cm³/mol. The van der Waals surface area contributed by atoms with Crippen LogP contribution in [0.1, 0.15) is 22.8 Å². The van der Waals surface area contributed by atoms with Crippen LogP contribution >= 0.6 is 11.3 Å². The van der Waals surface area contributed by atoms with Gasteiger partial charge in [-0.2, -0.15) is 5.26 Å². The summed E-state index contributed by atoms with van der Waals surface area (Å²) in [4.78, 5) is 1.34. The van der Waals surface area contributed by atoms with E-state index >= 15 is 0 Å². The van der Waals surface area contributed by atoms with Gasteiger partial charge < -0.3 is 5.73 Å². The van der Waals surface area contributed by atoms with E-state index < -0.39 is 0 Å². The molecule has 1 aliphatic carbocycles. The Balaban J connectivity index is 2.11. The molecule has 0 amide bonds. The van der Waals surface area contributed by atoms with E-state index in [1.165, 1.54) is 11.3 Å². The van der Waals surface area contributed by atoms with Crippen molar-refractivity contribution in [1.29, 1.82) is 5.26 Å². The topological polar surface area (TPSA) is 49.8 Å². The number of rotatable bonds is 2. The van der Waals surface area contributed by atoms with Crippen molar-refractivity contribution >= 4 is 11.3 Å². The summed E-state index contributed by atoms with van der Waals surface area (Å²) in [5, 5.41) is 10.5. The van der Waals surface area contributed by atoms with E-state index in [2.05, 4.69) is 6.07 Å². The summed E-state index contributed by atoms with van der Waals surface area (Å²) in [7, 11) is 0. The molecular formula is C9H10N2S. The van der Waals surface area contributed by atoms with Gasteiger partial charge in [-0.1, -0.05) is 0 Å². The van der Waals surface area contributed by atoms with Crippen molar-refractivity contribution in [2.75, 3.05) is 6.54 Å². The number of hydrogen-bond acceptors (Lipinski definition) is 3. The molecule has 0 aromatic carbocycles. The van der Waals surface area contributed by atoms with Crippen LogP contribution in [0.15, 0.2) is 11.4 Å². The molecule has 0 aliphatic heterocycles. The number of hydrogen-bond donors (Lipinski definition) is 1. The first-order valence-electron chi connectivity index (χ1n) is 4.03. The molecule has 1 aromatic heterocycles. The lowest BCUT2D eigenvalue weighted by atomic mass is 10.2. The smallest absolute Gasteiger partial charge is 0.100 e. The minimum Gasteiger partial charge on any atom is -0.330 e. The normalized spacial score (nSPS) is 26.7. The zero-order chi connectivity index (χ0) is 8.55. The fraction of sp³-hybridized carbons (Fsp3) is 0.444. The van der Waals surface area contributed by atoms with E-state index in [-0.39, 0.29) is 0 Å². The first kappa shape index (κ1) is 7.78. The number of nitrogens with zero attached hydrogens (tertiary/aromatic N) is 1. The average Bonchev–Trinajstić information content (AvgIpc) is 2.75. The van der Waals surface area contributed by atoms with Gasteiger partial charge in [0.05, 0.1) is 5.56 Å². The lowest BCUT2D eigenvalue weighted by Gasteiger charge is -1.90. The van der Waals surface area contributed by atoms with E-state index in [9.17, 15) is 0 Å². The van der Waals surface area contributed by atoms with Gasteiger partial charge in [-0.05, 0) is 30.9 Å². The SMILES string of the molecule is N#Cc1csc([C@@H]2C[C@H]2CN)c1. The minimum absolute atomic E-state index is 0.655. The van der Waals surface area contributed by atoms with Crippen LogP contribution in [0.4, 0.5) is 0 Å². The summed E-state index contributed by atoms with van der Waals surface area (Å²) in [6.45, 7) is 0.782. The highest BCUT2D eigenvalue weighted by Gasteiger charge is 2.37. The number of thiophene rings is 1. The average molecular weight is 178 g/mol. The van der Waals surface area contributed by atoms with Gasteiger partial charge in [-0.3, -0.25) is 0 Å². The van der Waals surface area contributed by atoms with Crippen LogP contribution in [0.2, 0.25) is 0 Å². The fourth-order valence-corrected chi connectivity index (χ4v) is 2.50. The highest BCUT2D eigenvalue weighted by molar-refractivity contribution is 7.10. The van der Waals surface area contributed by atoms with Crippen LogP contribution in [-0.4, -0.2) is 6.54 Å². The second-order valence-corrected chi connectivity index (χ2v) is 4.13. The first-order valence-corrected chi connectivity index (χ1v) is 4.91. The largest absolute Gasteiger partial charge is 0.330 e. The Morgan fingerprint density at radius 3 is 3.08 bits per heavy atom. The molecule has 2 atom stereocenters. The molecule has 3 heteroatoms. The van der Waals surface area contributed by atoms with E-state index in [1.54, 1.807) is 11.3 Å². The van der Waals surface area contributed by atoms with E-state index in [0.717, 1.165) is 12.1 Å². The van der Waals surface area contributed by atoms with Crippen LogP contribution in [-0.2, 0) is 0 Å². The standard InChI is InChI=1S/C9H10N2S/c10-3-6-1-9(12-5-6)8-2-7(8)4-11/h1,5,7-8H,2,4,11H2/t7-,8+/m0/s1.